The summed E-state index contributed by atoms with van der Waals surface area (Å²) in [6.45, 7) is 3.65. The zero-order chi connectivity index (χ0) is 24.0. The fraction of sp³-hybridized carbons (Fsp3) is 0.480. The lowest BCUT2D eigenvalue weighted by Crippen LogP contribution is -2.41. The molecule has 33 heavy (non-hydrogen) atoms. The van der Waals surface area contributed by atoms with E-state index in [1.807, 2.05) is 37.3 Å². The van der Waals surface area contributed by atoms with E-state index in [9.17, 15) is 9.90 Å². The van der Waals surface area contributed by atoms with Crippen LogP contribution in [0.3, 0.4) is 0 Å². The van der Waals surface area contributed by atoms with Crippen LogP contribution < -0.4 is 23.7 Å². The Hall–Kier alpha value is -3.13. The summed E-state index contributed by atoms with van der Waals surface area (Å²) in [6, 6.07) is 9.42. The molecule has 0 aromatic heterocycles. The van der Waals surface area contributed by atoms with Gasteiger partial charge in [0.1, 0.15) is 0 Å². The van der Waals surface area contributed by atoms with Gasteiger partial charge in [-0.25, -0.2) is 0 Å². The molecule has 1 saturated heterocycles. The molecule has 0 bridgehead atoms. The maximum absolute atomic E-state index is 11.8. The van der Waals surface area contributed by atoms with Gasteiger partial charge in [0.05, 0.1) is 47.0 Å². The Labute approximate surface area is 195 Å². The van der Waals surface area contributed by atoms with Gasteiger partial charge in [0.25, 0.3) is 0 Å². The SMILES string of the molecule is CCOc1ccc(C(c2cc(OC)c(OC)c(OC)c2)N2CCCC(C(=O)O)C2)cc1OC. The molecular formula is C25H33NO7. The van der Waals surface area contributed by atoms with Gasteiger partial charge < -0.3 is 28.8 Å². The molecule has 3 rings (SSSR count). The van der Waals surface area contributed by atoms with E-state index in [2.05, 4.69) is 4.90 Å². The van der Waals surface area contributed by atoms with Gasteiger partial charge in [-0.05, 0) is 61.7 Å². The molecule has 180 valence electrons. The molecule has 1 fully saturated rings. The zero-order valence-corrected chi connectivity index (χ0v) is 19.9. The van der Waals surface area contributed by atoms with Gasteiger partial charge >= 0.3 is 5.97 Å². The Morgan fingerprint density at radius 2 is 1.61 bits per heavy atom. The van der Waals surface area contributed by atoms with Gasteiger partial charge in [-0.15, -0.1) is 0 Å². The highest BCUT2D eigenvalue weighted by Crippen LogP contribution is 2.44. The Balaban J connectivity index is 2.15. The van der Waals surface area contributed by atoms with E-state index in [-0.39, 0.29) is 6.04 Å². The first-order valence-corrected chi connectivity index (χ1v) is 11.0. The minimum absolute atomic E-state index is 0.245. The molecule has 0 amide bonds. The Bertz CT molecular complexity index is 937. The average molecular weight is 460 g/mol. The number of ether oxygens (including phenoxy) is 5. The largest absolute Gasteiger partial charge is 0.493 e. The predicted molar refractivity (Wildman–Crippen MR) is 124 cm³/mol. The summed E-state index contributed by atoms with van der Waals surface area (Å²) in [6.07, 6.45) is 1.46. The summed E-state index contributed by atoms with van der Waals surface area (Å²) in [4.78, 5) is 14.0. The van der Waals surface area contributed by atoms with E-state index >= 15 is 0 Å². The van der Waals surface area contributed by atoms with Crippen molar-refractivity contribution in [2.24, 2.45) is 5.92 Å². The monoisotopic (exact) mass is 459 g/mol. The standard InChI is InChI=1S/C25H33NO7/c1-6-33-19-10-9-16(12-20(19)29-2)23(26-11-7-8-17(15-26)25(27)28)18-13-21(30-3)24(32-5)22(14-18)31-4/h9-10,12-14,17,23H,6-8,11,15H2,1-5H3,(H,27,28). The lowest BCUT2D eigenvalue weighted by Gasteiger charge is -2.38. The van der Waals surface area contributed by atoms with Crippen molar-refractivity contribution in [1.29, 1.82) is 0 Å². The van der Waals surface area contributed by atoms with E-state index in [1.165, 1.54) is 0 Å². The lowest BCUT2D eigenvalue weighted by atomic mass is 9.91. The molecular weight excluding hydrogens is 426 g/mol. The molecule has 0 aliphatic carbocycles. The third-order valence-corrected chi connectivity index (χ3v) is 5.97. The van der Waals surface area contributed by atoms with E-state index < -0.39 is 11.9 Å². The molecule has 0 saturated carbocycles. The summed E-state index contributed by atoms with van der Waals surface area (Å²) < 4.78 is 27.9. The van der Waals surface area contributed by atoms with Crippen LogP contribution in [0.15, 0.2) is 30.3 Å². The number of benzene rings is 2. The van der Waals surface area contributed by atoms with Crippen molar-refractivity contribution in [3.8, 4) is 28.7 Å². The summed E-state index contributed by atoms with van der Waals surface area (Å²) >= 11 is 0. The molecule has 1 aliphatic rings. The number of carboxylic acid groups (broad SMARTS) is 1. The van der Waals surface area contributed by atoms with Crippen molar-refractivity contribution < 1.29 is 33.6 Å². The average Bonchev–Trinajstić information content (AvgIpc) is 2.84. The summed E-state index contributed by atoms with van der Waals surface area (Å²) in [7, 11) is 6.34. The van der Waals surface area contributed by atoms with Gasteiger partial charge in [0.15, 0.2) is 23.0 Å². The van der Waals surface area contributed by atoms with Crippen molar-refractivity contribution in [3.63, 3.8) is 0 Å². The molecule has 1 heterocycles. The van der Waals surface area contributed by atoms with Crippen LogP contribution in [0.4, 0.5) is 0 Å². The highest BCUT2D eigenvalue weighted by atomic mass is 16.5. The number of rotatable bonds is 10. The first-order valence-electron chi connectivity index (χ1n) is 11.0. The fourth-order valence-electron chi connectivity index (χ4n) is 4.44. The molecule has 8 nitrogen and oxygen atoms in total. The number of methoxy groups -OCH3 is 4. The first kappa shape index (κ1) is 24.5. The van der Waals surface area contributed by atoms with Crippen molar-refractivity contribution in [3.05, 3.63) is 41.5 Å². The highest BCUT2D eigenvalue weighted by molar-refractivity contribution is 5.70. The molecule has 2 aromatic rings. The van der Waals surface area contributed by atoms with Gasteiger partial charge in [-0.2, -0.15) is 0 Å². The fourth-order valence-corrected chi connectivity index (χ4v) is 4.44. The summed E-state index contributed by atoms with van der Waals surface area (Å²) in [5, 5.41) is 9.67. The Morgan fingerprint density at radius 1 is 0.970 bits per heavy atom. The predicted octanol–water partition coefficient (Wildman–Crippen LogP) is 4.01. The maximum Gasteiger partial charge on any atom is 0.307 e. The quantitative estimate of drug-likeness (QED) is 0.570. The number of carbonyl (C=O) groups is 1. The Morgan fingerprint density at radius 3 is 2.15 bits per heavy atom. The molecule has 2 atom stereocenters. The van der Waals surface area contributed by atoms with Crippen molar-refractivity contribution >= 4 is 5.97 Å². The molecule has 0 radical (unpaired) electrons. The van der Waals surface area contributed by atoms with Crippen molar-refractivity contribution in [2.75, 3.05) is 48.1 Å². The van der Waals surface area contributed by atoms with Gasteiger partial charge in [0.2, 0.25) is 5.75 Å². The van der Waals surface area contributed by atoms with Crippen LogP contribution in [-0.4, -0.2) is 64.1 Å². The van der Waals surface area contributed by atoms with Gasteiger partial charge in [0, 0.05) is 6.54 Å². The normalized spacial score (nSPS) is 17.2. The minimum atomic E-state index is -0.771. The Kier molecular flexibility index (Phi) is 8.27. The lowest BCUT2D eigenvalue weighted by molar-refractivity contribution is -0.143. The van der Waals surface area contributed by atoms with Crippen molar-refractivity contribution in [2.45, 2.75) is 25.8 Å². The highest BCUT2D eigenvalue weighted by Gasteiger charge is 2.33. The molecule has 1 aliphatic heterocycles. The van der Waals surface area contributed by atoms with Crippen LogP contribution in [0, 0.1) is 5.92 Å². The number of nitrogens with zero attached hydrogens (tertiary/aromatic N) is 1. The second-order valence-electron chi connectivity index (χ2n) is 7.88. The smallest absolute Gasteiger partial charge is 0.307 e. The molecule has 2 unspecified atom stereocenters. The molecule has 2 aromatic carbocycles. The first-order chi connectivity index (χ1) is 16.0. The molecule has 8 heteroatoms. The van der Waals surface area contributed by atoms with Crippen LogP contribution >= 0.6 is 0 Å². The van der Waals surface area contributed by atoms with Crippen LogP contribution in [0.5, 0.6) is 28.7 Å². The number of hydrogen-bond donors (Lipinski definition) is 1. The van der Waals surface area contributed by atoms with Crippen molar-refractivity contribution in [1.82, 2.24) is 4.90 Å². The topological polar surface area (TPSA) is 86.7 Å². The molecule has 1 N–H and O–H groups in total. The summed E-state index contributed by atoms with van der Waals surface area (Å²) in [5.74, 6) is 1.69. The zero-order valence-electron chi connectivity index (χ0n) is 19.9. The van der Waals surface area contributed by atoms with Gasteiger partial charge in [-0.3, -0.25) is 9.69 Å². The number of piperidine rings is 1. The second kappa shape index (κ2) is 11.1. The van der Waals surface area contributed by atoms with Crippen LogP contribution in [-0.2, 0) is 4.79 Å². The van der Waals surface area contributed by atoms with E-state index in [1.54, 1.807) is 28.4 Å². The van der Waals surface area contributed by atoms with E-state index in [0.29, 0.717) is 48.3 Å². The van der Waals surface area contributed by atoms with Crippen LogP contribution in [0.1, 0.15) is 36.9 Å². The van der Waals surface area contributed by atoms with Gasteiger partial charge in [-0.1, -0.05) is 6.07 Å². The number of likely N-dealkylation sites (tertiary alicyclic amines) is 1. The number of hydrogen-bond acceptors (Lipinski definition) is 7. The van der Waals surface area contributed by atoms with Crippen LogP contribution in [0.2, 0.25) is 0 Å². The third-order valence-electron chi connectivity index (χ3n) is 5.97. The maximum atomic E-state index is 11.8. The minimum Gasteiger partial charge on any atom is -0.493 e. The summed E-state index contributed by atoms with van der Waals surface area (Å²) in [5.41, 5.74) is 1.86. The number of aliphatic carboxylic acids is 1. The van der Waals surface area contributed by atoms with Crippen LogP contribution in [0.25, 0.3) is 0 Å². The van der Waals surface area contributed by atoms with E-state index in [4.69, 9.17) is 23.7 Å². The number of carboxylic acids is 1. The van der Waals surface area contributed by atoms with E-state index in [0.717, 1.165) is 24.1 Å². The second-order valence-corrected chi connectivity index (χ2v) is 7.88. The third kappa shape index (κ3) is 5.27. The molecule has 0 spiro atoms.